The van der Waals surface area contributed by atoms with E-state index >= 15 is 0 Å². The number of anilines is 1. The van der Waals surface area contributed by atoms with Crippen LogP contribution in [0.5, 0.6) is 5.75 Å². The lowest BCUT2D eigenvalue weighted by Crippen LogP contribution is -2.35. The number of aliphatic hydroxyl groups is 1. The summed E-state index contributed by atoms with van der Waals surface area (Å²) in [7, 11) is 1.51. The van der Waals surface area contributed by atoms with Crippen molar-refractivity contribution in [1.29, 1.82) is 0 Å². The highest BCUT2D eigenvalue weighted by Crippen LogP contribution is 2.30. The molecule has 0 radical (unpaired) electrons. The molecule has 2 aromatic carbocycles. The van der Waals surface area contributed by atoms with E-state index in [0.717, 1.165) is 50.0 Å². The Morgan fingerprint density at radius 1 is 1.27 bits per heavy atom. The first-order chi connectivity index (χ1) is 14.4. The van der Waals surface area contributed by atoms with E-state index < -0.39 is 12.0 Å². The smallest absolute Gasteiger partial charge is 0.252 e. The number of halogens is 1. The van der Waals surface area contributed by atoms with Gasteiger partial charge in [0.2, 0.25) is 0 Å². The van der Waals surface area contributed by atoms with E-state index in [0.29, 0.717) is 29.3 Å². The average Bonchev–Trinajstić information content (AvgIpc) is 2.74. The fourth-order valence-corrected chi connectivity index (χ4v) is 4.06. The molecular formula is C23H30FN3O3. The zero-order valence-corrected chi connectivity index (χ0v) is 17.3. The third kappa shape index (κ3) is 5.49. The van der Waals surface area contributed by atoms with E-state index in [-0.39, 0.29) is 5.82 Å². The second-order valence-corrected chi connectivity index (χ2v) is 7.96. The van der Waals surface area contributed by atoms with Gasteiger partial charge in [-0.15, -0.1) is 0 Å². The van der Waals surface area contributed by atoms with Gasteiger partial charge in [0.1, 0.15) is 11.6 Å². The topological polar surface area (TPSA) is 102 Å². The fraction of sp³-hybridized carbons (Fsp3) is 0.435. The van der Waals surface area contributed by atoms with Gasteiger partial charge >= 0.3 is 0 Å². The van der Waals surface area contributed by atoms with Gasteiger partial charge in [-0.1, -0.05) is 12.1 Å². The molecule has 7 heteroatoms. The molecule has 0 aliphatic carbocycles. The van der Waals surface area contributed by atoms with E-state index in [9.17, 15) is 14.3 Å². The molecule has 3 rings (SSSR count). The normalized spacial score (nSPS) is 16.4. The molecule has 1 saturated heterocycles. The molecule has 0 bridgehead atoms. The van der Waals surface area contributed by atoms with E-state index in [4.69, 9.17) is 16.2 Å². The highest BCUT2D eigenvalue weighted by atomic mass is 19.1. The van der Waals surface area contributed by atoms with Gasteiger partial charge in [-0.2, -0.15) is 0 Å². The summed E-state index contributed by atoms with van der Waals surface area (Å²) in [5, 5.41) is 10.3. The number of nitrogen functional groups attached to an aromatic ring is 1. The van der Waals surface area contributed by atoms with Gasteiger partial charge in [-0.25, -0.2) is 4.39 Å². The number of primary amides is 1. The number of amides is 1. The first-order valence-electron chi connectivity index (χ1n) is 10.3. The molecule has 0 aromatic heterocycles. The summed E-state index contributed by atoms with van der Waals surface area (Å²) in [5.41, 5.74) is 14.1. The molecule has 1 heterocycles. The first kappa shape index (κ1) is 22.1. The number of piperidine rings is 1. The molecule has 30 heavy (non-hydrogen) atoms. The second-order valence-electron chi connectivity index (χ2n) is 7.96. The number of likely N-dealkylation sites (tertiary alicyclic amines) is 1. The predicted octanol–water partition coefficient (Wildman–Crippen LogP) is 2.89. The van der Waals surface area contributed by atoms with Crippen LogP contribution in [0.4, 0.5) is 10.1 Å². The van der Waals surface area contributed by atoms with Crippen LogP contribution in [0, 0.1) is 11.7 Å². The van der Waals surface area contributed by atoms with Gasteiger partial charge in [-0.3, -0.25) is 4.79 Å². The lowest BCUT2D eigenvalue weighted by Gasteiger charge is -2.32. The minimum Gasteiger partial charge on any atom is -0.496 e. The Morgan fingerprint density at radius 2 is 1.93 bits per heavy atom. The van der Waals surface area contributed by atoms with Crippen molar-refractivity contribution in [2.75, 3.05) is 32.5 Å². The SMILES string of the molecule is COc1cc(CC2CCN(CCC(O)c3ccc(F)cc3)CC2)c(N)cc1C(N)=O. The van der Waals surface area contributed by atoms with Crippen LogP contribution in [0.15, 0.2) is 36.4 Å². The zero-order valence-electron chi connectivity index (χ0n) is 17.3. The number of ether oxygens (including phenoxy) is 1. The summed E-state index contributed by atoms with van der Waals surface area (Å²) in [6.07, 6.45) is 2.93. The van der Waals surface area contributed by atoms with Crippen LogP contribution in [0.1, 0.15) is 46.9 Å². The molecule has 0 spiro atoms. The quantitative estimate of drug-likeness (QED) is 0.576. The van der Waals surface area contributed by atoms with Gasteiger partial charge in [0.15, 0.2) is 0 Å². The van der Waals surface area contributed by atoms with Crippen molar-refractivity contribution in [1.82, 2.24) is 4.90 Å². The van der Waals surface area contributed by atoms with E-state index in [2.05, 4.69) is 4.90 Å². The number of carbonyl (C=O) groups is 1. The molecule has 5 N–H and O–H groups in total. The van der Waals surface area contributed by atoms with E-state index in [1.807, 2.05) is 6.07 Å². The minimum absolute atomic E-state index is 0.296. The van der Waals surface area contributed by atoms with Crippen LogP contribution in [-0.2, 0) is 6.42 Å². The predicted molar refractivity (Wildman–Crippen MR) is 115 cm³/mol. The fourth-order valence-electron chi connectivity index (χ4n) is 4.06. The van der Waals surface area contributed by atoms with Crippen LogP contribution in [0.25, 0.3) is 0 Å². The van der Waals surface area contributed by atoms with Crippen LogP contribution >= 0.6 is 0 Å². The molecule has 1 amide bonds. The molecule has 6 nitrogen and oxygen atoms in total. The number of carbonyl (C=O) groups excluding carboxylic acids is 1. The molecule has 1 aliphatic rings. The van der Waals surface area contributed by atoms with E-state index in [1.54, 1.807) is 18.2 Å². The van der Waals surface area contributed by atoms with Crippen molar-refractivity contribution in [2.45, 2.75) is 31.8 Å². The number of hydrogen-bond donors (Lipinski definition) is 3. The summed E-state index contributed by atoms with van der Waals surface area (Å²) in [6, 6.07) is 9.44. The van der Waals surface area contributed by atoms with Crippen molar-refractivity contribution in [3.8, 4) is 5.75 Å². The Labute approximate surface area is 176 Å². The lowest BCUT2D eigenvalue weighted by atomic mass is 9.89. The Balaban J connectivity index is 1.50. The highest BCUT2D eigenvalue weighted by Gasteiger charge is 2.22. The molecule has 2 aromatic rings. The number of nitrogens with zero attached hydrogens (tertiary/aromatic N) is 1. The molecule has 1 aliphatic heterocycles. The first-order valence-corrected chi connectivity index (χ1v) is 10.3. The van der Waals surface area contributed by atoms with Crippen LogP contribution in [-0.4, -0.2) is 42.7 Å². The van der Waals surface area contributed by atoms with Crippen LogP contribution < -0.4 is 16.2 Å². The summed E-state index contributed by atoms with van der Waals surface area (Å²) in [6.45, 7) is 2.71. The molecule has 1 unspecified atom stereocenters. The van der Waals surface area contributed by atoms with Crippen molar-refractivity contribution in [2.24, 2.45) is 11.7 Å². The Hall–Kier alpha value is -2.64. The number of rotatable bonds is 8. The zero-order chi connectivity index (χ0) is 21.7. The maximum atomic E-state index is 13.0. The number of hydrogen-bond acceptors (Lipinski definition) is 5. The summed E-state index contributed by atoms with van der Waals surface area (Å²) in [5.74, 6) is 0.102. The second kappa shape index (κ2) is 9.91. The molecular weight excluding hydrogens is 385 g/mol. The number of benzene rings is 2. The van der Waals surface area contributed by atoms with Crippen molar-refractivity contribution in [3.63, 3.8) is 0 Å². The van der Waals surface area contributed by atoms with E-state index in [1.165, 1.54) is 19.2 Å². The Bertz CT molecular complexity index is 865. The maximum Gasteiger partial charge on any atom is 0.252 e. The molecule has 162 valence electrons. The largest absolute Gasteiger partial charge is 0.496 e. The molecule has 1 atom stereocenters. The van der Waals surface area contributed by atoms with Crippen LogP contribution in [0.3, 0.4) is 0 Å². The van der Waals surface area contributed by atoms with Gasteiger partial charge in [0.25, 0.3) is 5.91 Å². The number of nitrogens with two attached hydrogens (primary N) is 2. The van der Waals surface area contributed by atoms with Gasteiger partial charge in [-0.05, 0) is 80.1 Å². The Kier molecular flexibility index (Phi) is 7.29. The number of methoxy groups -OCH3 is 1. The highest BCUT2D eigenvalue weighted by molar-refractivity contribution is 5.96. The Morgan fingerprint density at radius 3 is 2.53 bits per heavy atom. The molecule has 1 fully saturated rings. The summed E-state index contributed by atoms with van der Waals surface area (Å²) in [4.78, 5) is 13.9. The maximum absolute atomic E-state index is 13.0. The third-order valence-electron chi connectivity index (χ3n) is 5.92. The van der Waals surface area contributed by atoms with Gasteiger partial charge < -0.3 is 26.2 Å². The van der Waals surface area contributed by atoms with Gasteiger partial charge in [0, 0.05) is 12.2 Å². The van der Waals surface area contributed by atoms with Gasteiger partial charge in [0.05, 0.1) is 18.8 Å². The summed E-state index contributed by atoms with van der Waals surface area (Å²) < 4.78 is 18.3. The van der Waals surface area contributed by atoms with Crippen LogP contribution in [0.2, 0.25) is 0 Å². The van der Waals surface area contributed by atoms with Crippen molar-refractivity contribution >= 4 is 11.6 Å². The third-order valence-corrected chi connectivity index (χ3v) is 5.92. The summed E-state index contributed by atoms with van der Waals surface area (Å²) >= 11 is 0. The monoisotopic (exact) mass is 415 g/mol. The molecule has 0 saturated carbocycles. The standard InChI is InChI=1S/C23H30FN3O3/c1-30-22-13-17(20(25)14-19(22)23(26)29)12-15-6-9-27(10-7-15)11-8-21(28)16-2-4-18(24)5-3-16/h2-5,13-15,21,28H,6-12,25H2,1H3,(H2,26,29). The average molecular weight is 416 g/mol. The minimum atomic E-state index is -0.584. The van der Waals surface area contributed by atoms with Crippen molar-refractivity contribution in [3.05, 3.63) is 58.9 Å². The lowest BCUT2D eigenvalue weighted by molar-refractivity contribution is 0.0997. The number of aliphatic hydroxyl groups excluding tert-OH is 1. The van der Waals surface area contributed by atoms with Crippen molar-refractivity contribution < 1.29 is 19.0 Å².